The van der Waals surface area contributed by atoms with Gasteiger partial charge in [-0.2, -0.15) is 0 Å². The molecule has 2 rings (SSSR count). The zero-order chi connectivity index (χ0) is 13.0. The second kappa shape index (κ2) is 6.33. The lowest BCUT2D eigenvalue weighted by Crippen LogP contribution is -2.12. The minimum Gasteiger partial charge on any atom is -0.485 e. The molecular formula is C14H10BrIO2. The lowest BCUT2D eigenvalue weighted by molar-refractivity contribution is 0.0920. The van der Waals surface area contributed by atoms with E-state index in [2.05, 4.69) is 38.5 Å². The molecule has 0 heterocycles. The second-order valence-electron chi connectivity index (χ2n) is 3.65. The van der Waals surface area contributed by atoms with Gasteiger partial charge in [-0.25, -0.2) is 0 Å². The molecule has 0 saturated carbocycles. The predicted molar refractivity (Wildman–Crippen MR) is 83.1 cm³/mol. The van der Waals surface area contributed by atoms with Gasteiger partial charge < -0.3 is 4.74 Å². The van der Waals surface area contributed by atoms with Crippen molar-refractivity contribution >= 4 is 44.3 Å². The summed E-state index contributed by atoms with van der Waals surface area (Å²) in [7, 11) is 0. The predicted octanol–water partition coefficient (Wildman–Crippen LogP) is 4.32. The molecule has 0 atom stereocenters. The van der Waals surface area contributed by atoms with Crippen molar-refractivity contribution in [1.82, 2.24) is 0 Å². The van der Waals surface area contributed by atoms with Crippen molar-refractivity contribution in [3.05, 3.63) is 62.1 Å². The summed E-state index contributed by atoms with van der Waals surface area (Å²) in [6, 6.07) is 14.9. The van der Waals surface area contributed by atoms with Crippen LogP contribution in [0.2, 0.25) is 0 Å². The van der Waals surface area contributed by atoms with Gasteiger partial charge in [0.05, 0.1) is 0 Å². The SMILES string of the molecule is O=C(COc1ccc(I)cc1)c1ccccc1Br. The van der Waals surface area contributed by atoms with Crippen LogP contribution in [0.1, 0.15) is 10.4 Å². The highest BCUT2D eigenvalue weighted by Crippen LogP contribution is 2.18. The first-order valence-electron chi connectivity index (χ1n) is 5.33. The Morgan fingerprint density at radius 2 is 1.78 bits per heavy atom. The van der Waals surface area contributed by atoms with Gasteiger partial charge in [-0.15, -0.1) is 0 Å². The Kier molecular flexibility index (Phi) is 4.77. The fourth-order valence-corrected chi connectivity index (χ4v) is 2.31. The molecule has 0 aliphatic rings. The summed E-state index contributed by atoms with van der Waals surface area (Å²) in [6.07, 6.45) is 0. The van der Waals surface area contributed by atoms with Crippen molar-refractivity contribution < 1.29 is 9.53 Å². The van der Waals surface area contributed by atoms with E-state index in [0.717, 1.165) is 8.04 Å². The van der Waals surface area contributed by atoms with Crippen LogP contribution in [0.5, 0.6) is 5.75 Å². The summed E-state index contributed by atoms with van der Waals surface area (Å²) >= 11 is 5.58. The fraction of sp³-hybridized carbons (Fsp3) is 0.0714. The molecule has 0 radical (unpaired) electrons. The van der Waals surface area contributed by atoms with Gasteiger partial charge in [-0.3, -0.25) is 4.79 Å². The van der Waals surface area contributed by atoms with Gasteiger partial charge in [0.1, 0.15) is 5.75 Å². The third kappa shape index (κ3) is 3.55. The number of ether oxygens (including phenoxy) is 1. The van der Waals surface area contributed by atoms with E-state index in [1.165, 1.54) is 0 Å². The van der Waals surface area contributed by atoms with Gasteiger partial charge in [0, 0.05) is 13.6 Å². The second-order valence-corrected chi connectivity index (χ2v) is 5.75. The lowest BCUT2D eigenvalue weighted by Gasteiger charge is -2.06. The average Bonchev–Trinajstić information content (AvgIpc) is 2.38. The van der Waals surface area contributed by atoms with Gasteiger partial charge >= 0.3 is 0 Å². The van der Waals surface area contributed by atoms with Crippen molar-refractivity contribution in [3.63, 3.8) is 0 Å². The zero-order valence-electron chi connectivity index (χ0n) is 9.40. The zero-order valence-corrected chi connectivity index (χ0v) is 13.1. The molecule has 0 aromatic heterocycles. The number of rotatable bonds is 4. The van der Waals surface area contributed by atoms with Crippen LogP contribution in [-0.4, -0.2) is 12.4 Å². The molecule has 0 N–H and O–H groups in total. The molecule has 2 aromatic carbocycles. The van der Waals surface area contributed by atoms with Crippen LogP contribution >= 0.6 is 38.5 Å². The Balaban J connectivity index is 2.01. The van der Waals surface area contributed by atoms with Crippen LogP contribution in [0.15, 0.2) is 53.0 Å². The van der Waals surface area contributed by atoms with Gasteiger partial charge in [0.15, 0.2) is 6.61 Å². The summed E-state index contributed by atoms with van der Waals surface area (Å²) in [6.45, 7) is 0.0448. The van der Waals surface area contributed by atoms with Crippen LogP contribution in [0.4, 0.5) is 0 Å². The maximum Gasteiger partial charge on any atom is 0.201 e. The van der Waals surface area contributed by atoms with Gasteiger partial charge in [0.2, 0.25) is 5.78 Å². The van der Waals surface area contributed by atoms with E-state index in [0.29, 0.717) is 11.3 Å². The number of hydrogen-bond acceptors (Lipinski definition) is 2. The molecule has 4 heteroatoms. The molecule has 0 aliphatic heterocycles. The molecule has 92 valence electrons. The molecule has 18 heavy (non-hydrogen) atoms. The van der Waals surface area contributed by atoms with Crippen molar-refractivity contribution in [2.24, 2.45) is 0 Å². The summed E-state index contributed by atoms with van der Waals surface area (Å²) in [5, 5.41) is 0. The first-order chi connectivity index (χ1) is 8.66. The van der Waals surface area contributed by atoms with Gasteiger partial charge in [-0.1, -0.05) is 34.1 Å². The molecule has 0 bridgehead atoms. The minimum absolute atomic E-state index is 0.0407. The Hall–Kier alpha value is -0.880. The number of Topliss-reactive ketones (excluding diaryl/α,β-unsaturated/α-hetero) is 1. The van der Waals surface area contributed by atoms with E-state index in [1.54, 1.807) is 6.07 Å². The number of hydrogen-bond donors (Lipinski definition) is 0. The summed E-state index contributed by atoms with van der Waals surface area (Å²) in [4.78, 5) is 11.9. The maximum absolute atomic E-state index is 11.9. The van der Waals surface area contributed by atoms with Crippen LogP contribution in [0.3, 0.4) is 0 Å². The van der Waals surface area contributed by atoms with E-state index in [1.807, 2.05) is 42.5 Å². The van der Waals surface area contributed by atoms with E-state index >= 15 is 0 Å². The third-order valence-corrected chi connectivity index (χ3v) is 3.77. The normalized spacial score (nSPS) is 10.1. The Bertz CT molecular complexity index is 552. The number of ketones is 1. The molecule has 0 amide bonds. The summed E-state index contributed by atoms with van der Waals surface area (Å²) in [5.41, 5.74) is 0.642. The summed E-state index contributed by atoms with van der Waals surface area (Å²) < 4.78 is 7.39. The lowest BCUT2D eigenvalue weighted by atomic mass is 10.1. The monoisotopic (exact) mass is 416 g/mol. The molecule has 0 spiro atoms. The number of carbonyl (C=O) groups is 1. The fourth-order valence-electron chi connectivity index (χ4n) is 1.44. The van der Waals surface area contributed by atoms with Crippen LogP contribution in [-0.2, 0) is 0 Å². The van der Waals surface area contributed by atoms with Crippen LogP contribution < -0.4 is 4.74 Å². The first kappa shape index (κ1) is 13.5. The molecule has 0 saturated heterocycles. The molecule has 0 aliphatic carbocycles. The number of benzene rings is 2. The number of carbonyl (C=O) groups excluding carboxylic acids is 1. The topological polar surface area (TPSA) is 26.3 Å². The highest BCUT2D eigenvalue weighted by Gasteiger charge is 2.09. The van der Waals surface area contributed by atoms with Crippen molar-refractivity contribution in [1.29, 1.82) is 0 Å². The van der Waals surface area contributed by atoms with Crippen molar-refractivity contribution in [2.45, 2.75) is 0 Å². The van der Waals surface area contributed by atoms with Crippen molar-refractivity contribution in [3.8, 4) is 5.75 Å². The Morgan fingerprint density at radius 1 is 1.11 bits per heavy atom. The highest BCUT2D eigenvalue weighted by atomic mass is 127. The van der Waals surface area contributed by atoms with E-state index in [4.69, 9.17) is 4.74 Å². The molecule has 2 aromatic rings. The molecule has 0 unspecified atom stereocenters. The summed E-state index contributed by atoms with van der Waals surface area (Å²) in [5.74, 6) is 0.664. The minimum atomic E-state index is -0.0407. The quantitative estimate of drug-likeness (QED) is 0.548. The largest absolute Gasteiger partial charge is 0.485 e. The van der Waals surface area contributed by atoms with E-state index in [9.17, 15) is 4.79 Å². The maximum atomic E-state index is 11.9. The first-order valence-corrected chi connectivity index (χ1v) is 7.20. The van der Waals surface area contributed by atoms with Crippen molar-refractivity contribution in [2.75, 3.05) is 6.61 Å². The standard InChI is InChI=1S/C14H10BrIO2/c15-13-4-2-1-3-12(13)14(17)9-18-11-7-5-10(16)6-8-11/h1-8H,9H2. The van der Waals surface area contributed by atoms with Crippen LogP contribution in [0, 0.1) is 3.57 Å². The molecule has 0 fully saturated rings. The Labute approximate surface area is 128 Å². The Morgan fingerprint density at radius 3 is 2.44 bits per heavy atom. The smallest absolute Gasteiger partial charge is 0.201 e. The van der Waals surface area contributed by atoms with Gasteiger partial charge in [-0.05, 0) is 52.9 Å². The van der Waals surface area contributed by atoms with Gasteiger partial charge in [0.25, 0.3) is 0 Å². The van der Waals surface area contributed by atoms with Crippen LogP contribution in [0.25, 0.3) is 0 Å². The van der Waals surface area contributed by atoms with E-state index in [-0.39, 0.29) is 12.4 Å². The third-order valence-electron chi connectivity index (χ3n) is 2.36. The number of halogens is 2. The van der Waals surface area contributed by atoms with E-state index < -0.39 is 0 Å². The molecular weight excluding hydrogens is 407 g/mol. The average molecular weight is 417 g/mol. The highest BCUT2D eigenvalue weighted by molar-refractivity contribution is 14.1. The molecule has 2 nitrogen and oxygen atoms in total.